The van der Waals surface area contributed by atoms with Gasteiger partial charge >= 0.3 is 0 Å². The Labute approximate surface area is 133 Å². The molecule has 0 aliphatic rings. The van der Waals surface area contributed by atoms with Gasteiger partial charge in [0.15, 0.2) is 5.65 Å². The Balaban J connectivity index is 1.73. The molecule has 0 aliphatic heterocycles. The molecule has 3 heterocycles. The molecule has 0 atom stereocenters. The van der Waals surface area contributed by atoms with E-state index in [4.69, 9.17) is 4.42 Å². The van der Waals surface area contributed by atoms with Gasteiger partial charge in [0, 0.05) is 17.5 Å². The molecule has 3 rings (SSSR count). The van der Waals surface area contributed by atoms with Crippen molar-refractivity contribution in [3.05, 3.63) is 48.2 Å². The molecule has 0 radical (unpaired) electrons. The topological polar surface area (TPSA) is 73.0 Å². The smallest absolute Gasteiger partial charge is 0.248 e. The van der Waals surface area contributed by atoms with Crippen LogP contribution >= 0.6 is 0 Å². The van der Waals surface area contributed by atoms with Crippen LogP contribution in [0.15, 0.2) is 41.1 Å². The van der Waals surface area contributed by atoms with Crippen LogP contribution in [0.2, 0.25) is 0 Å². The minimum absolute atomic E-state index is 0.236. The number of aromatic nitrogens is 3. The summed E-state index contributed by atoms with van der Waals surface area (Å²) in [6, 6.07) is 5.76. The number of amides is 1. The molecule has 23 heavy (non-hydrogen) atoms. The Morgan fingerprint density at radius 2 is 2.17 bits per heavy atom. The average Bonchev–Trinajstić information content (AvgIpc) is 3.10. The summed E-state index contributed by atoms with van der Waals surface area (Å²) in [5.41, 5.74) is 1.44. The number of aryl methyl sites for hydroxylation is 1. The predicted octanol–water partition coefficient (Wildman–Crippen LogP) is 3.57. The van der Waals surface area contributed by atoms with E-state index in [1.165, 1.54) is 6.08 Å². The summed E-state index contributed by atoms with van der Waals surface area (Å²) >= 11 is 0. The van der Waals surface area contributed by atoms with Gasteiger partial charge in [-0.1, -0.05) is 0 Å². The maximum atomic E-state index is 12.0. The highest BCUT2D eigenvalue weighted by molar-refractivity contribution is 6.02. The van der Waals surface area contributed by atoms with E-state index in [0.29, 0.717) is 11.4 Å². The van der Waals surface area contributed by atoms with E-state index in [1.807, 2.05) is 43.7 Å². The van der Waals surface area contributed by atoms with Crippen molar-refractivity contribution in [2.45, 2.75) is 26.8 Å². The Bertz CT molecular complexity index is 874. The number of fused-ring (bicyclic) bond motifs is 1. The lowest BCUT2D eigenvalue weighted by molar-refractivity contribution is -0.111. The van der Waals surface area contributed by atoms with Crippen LogP contribution in [-0.4, -0.2) is 20.7 Å². The molecular formula is C17H18N4O2. The van der Waals surface area contributed by atoms with Crippen molar-refractivity contribution >= 4 is 28.7 Å². The molecule has 0 saturated carbocycles. The summed E-state index contributed by atoms with van der Waals surface area (Å²) in [6.45, 7) is 5.95. The van der Waals surface area contributed by atoms with E-state index >= 15 is 0 Å². The second kappa shape index (κ2) is 6.08. The lowest BCUT2D eigenvalue weighted by Gasteiger charge is -2.06. The molecule has 0 unspecified atom stereocenters. The molecule has 6 nitrogen and oxygen atoms in total. The number of nitrogens with zero attached hydrogens (tertiary/aromatic N) is 3. The van der Waals surface area contributed by atoms with E-state index in [9.17, 15) is 4.79 Å². The fourth-order valence-electron chi connectivity index (χ4n) is 2.27. The molecule has 118 valence electrons. The fraction of sp³-hybridized carbons (Fsp3) is 0.235. The van der Waals surface area contributed by atoms with Gasteiger partial charge in [-0.25, -0.2) is 9.67 Å². The first-order valence-corrected chi connectivity index (χ1v) is 7.41. The van der Waals surface area contributed by atoms with Gasteiger partial charge in [0.25, 0.3) is 0 Å². The SMILES string of the molecule is Cc1ccc(/C=C/C(=O)Nc2cnc3c(cnn3C(C)C)c2)o1. The van der Waals surface area contributed by atoms with Crippen molar-refractivity contribution in [3.8, 4) is 0 Å². The van der Waals surface area contributed by atoms with Gasteiger partial charge in [-0.3, -0.25) is 4.79 Å². The van der Waals surface area contributed by atoms with E-state index < -0.39 is 0 Å². The summed E-state index contributed by atoms with van der Waals surface area (Å²) < 4.78 is 7.22. The largest absolute Gasteiger partial charge is 0.462 e. The monoisotopic (exact) mass is 310 g/mol. The van der Waals surface area contributed by atoms with E-state index in [0.717, 1.165) is 16.8 Å². The zero-order valence-corrected chi connectivity index (χ0v) is 13.3. The Morgan fingerprint density at radius 3 is 2.87 bits per heavy atom. The second-order valence-corrected chi connectivity index (χ2v) is 5.59. The Hall–Kier alpha value is -2.89. The van der Waals surface area contributed by atoms with Crippen molar-refractivity contribution in [3.63, 3.8) is 0 Å². The van der Waals surface area contributed by atoms with Gasteiger partial charge in [0.05, 0.1) is 18.1 Å². The van der Waals surface area contributed by atoms with Crippen LogP contribution in [0.25, 0.3) is 17.1 Å². The van der Waals surface area contributed by atoms with Gasteiger partial charge in [-0.2, -0.15) is 5.10 Å². The maximum Gasteiger partial charge on any atom is 0.248 e. The van der Waals surface area contributed by atoms with Crippen molar-refractivity contribution in [2.24, 2.45) is 0 Å². The van der Waals surface area contributed by atoms with Crippen LogP contribution in [-0.2, 0) is 4.79 Å². The van der Waals surface area contributed by atoms with Crippen molar-refractivity contribution in [1.82, 2.24) is 14.8 Å². The van der Waals surface area contributed by atoms with Crippen LogP contribution in [0.3, 0.4) is 0 Å². The molecule has 1 N–H and O–H groups in total. The van der Waals surface area contributed by atoms with E-state index in [1.54, 1.807) is 18.5 Å². The number of hydrogen-bond donors (Lipinski definition) is 1. The van der Waals surface area contributed by atoms with Crippen LogP contribution in [0.4, 0.5) is 5.69 Å². The van der Waals surface area contributed by atoms with Gasteiger partial charge < -0.3 is 9.73 Å². The molecule has 6 heteroatoms. The molecule has 0 aromatic carbocycles. The first kappa shape index (κ1) is 15.0. The summed E-state index contributed by atoms with van der Waals surface area (Å²) in [5, 5.41) is 7.98. The normalized spacial score (nSPS) is 11.7. The van der Waals surface area contributed by atoms with Crippen LogP contribution in [0.5, 0.6) is 0 Å². The Morgan fingerprint density at radius 1 is 1.35 bits per heavy atom. The molecule has 1 amide bonds. The number of anilines is 1. The molecular weight excluding hydrogens is 292 g/mol. The van der Waals surface area contributed by atoms with Gasteiger partial charge in [0.2, 0.25) is 5.91 Å². The first-order valence-electron chi connectivity index (χ1n) is 7.41. The molecule has 0 aliphatic carbocycles. The molecule has 0 bridgehead atoms. The standard InChI is InChI=1S/C17H18N4O2/c1-11(2)21-17-13(9-19-21)8-14(10-18-17)20-16(22)7-6-15-5-4-12(3)23-15/h4-11H,1-3H3,(H,20,22)/b7-6+. The molecule has 0 spiro atoms. The van der Waals surface area contributed by atoms with Crippen LogP contribution in [0.1, 0.15) is 31.4 Å². The third-order valence-corrected chi connectivity index (χ3v) is 3.35. The van der Waals surface area contributed by atoms with Crippen molar-refractivity contribution < 1.29 is 9.21 Å². The number of hydrogen-bond acceptors (Lipinski definition) is 4. The average molecular weight is 310 g/mol. The molecule has 3 aromatic heterocycles. The summed E-state index contributed by atoms with van der Waals surface area (Å²) in [6.07, 6.45) is 6.44. The minimum Gasteiger partial charge on any atom is -0.462 e. The highest BCUT2D eigenvalue weighted by atomic mass is 16.3. The molecule has 3 aromatic rings. The lowest BCUT2D eigenvalue weighted by Crippen LogP contribution is -2.08. The number of nitrogens with one attached hydrogen (secondary N) is 1. The third kappa shape index (κ3) is 3.31. The number of carbonyl (C=O) groups excluding carboxylic acids is 1. The molecule has 0 fully saturated rings. The number of furan rings is 1. The minimum atomic E-state index is -0.239. The highest BCUT2D eigenvalue weighted by Gasteiger charge is 2.08. The fourth-order valence-corrected chi connectivity index (χ4v) is 2.27. The third-order valence-electron chi connectivity index (χ3n) is 3.35. The second-order valence-electron chi connectivity index (χ2n) is 5.59. The van der Waals surface area contributed by atoms with Gasteiger partial charge in [-0.15, -0.1) is 0 Å². The maximum absolute atomic E-state index is 12.0. The van der Waals surface area contributed by atoms with E-state index in [2.05, 4.69) is 15.4 Å². The van der Waals surface area contributed by atoms with Crippen LogP contribution in [0, 0.1) is 6.92 Å². The van der Waals surface area contributed by atoms with Gasteiger partial charge in [0.1, 0.15) is 11.5 Å². The molecule has 0 saturated heterocycles. The lowest BCUT2D eigenvalue weighted by atomic mass is 10.3. The zero-order chi connectivity index (χ0) is 16.4. The number of pyridine rings is 1. The van der Waals surface area contributed by atoms with Gasteiger partial charge in [-0.05, 0) is 45.0 Å². The number of carbonyl (C=O) groups is 1. The number of rotatable bonds is 4. The van der Waals surface area contributed by atoms with E-state index in [-0.39, 0.29) is 11.9 Å². The zero-order valence-electron chi connectivity index (χ0n) is 13.3. The van der Waals surface area contributed by atoms with Crippen molar-refractivity contribution in [2.75, 3.05) is 5.32 Å². The quantitative estimate of drug-likeness (QED) is 0.748. The van der Waals surface area contributed by atoms with Crippen LogP contribution < -0.4 is 5.32 Å². The predicted molar refractivity (Wildman–Crippen MR) is 89.0 cm³/mol. The first-order chi connectivity index (χ1) is 11.0. The highest BCUT2D eigenvalue weighted by Crippen LogP contribution is 2.19. The van der Waals surface area contributed by atoms with Crippen molar-refractivity contribution in [1.29, 1.82) is 0 Å². The summed E-state index contributed by atoms with van der Waals surface area (Å²) in [4.78, 5) is 16.3. The Kier molecular flexibility index (Phi) is 3.97. The summed E-state index contributed by atoms with van der Waals surface area (Å²) in [5.74, 6) is 1.21. The summed E-state index contributed by atoms with van der Waals surface area (Å²) in [7, 11) is 0.